The molecule has 0 aliphatic rings. The zero-order chi connectivity index (χ0) is 36.5. The van der Waals surface area contributed by atoms with Gasteiger partial charge in [0.25, 0.3) is 0 Å². The predicted octanol–water partition coefficient (Wildman–Crippen LogP) is 16.7. The molecule has 2 aromatic heterocycles. The van der Waals surface area contributed by atoms with Gasteiger partial charge in [0.2, 0.25) is 0 Å². The third-order valence-electron chi connectivity index (χ3n) is 12.2. The van der Waals surface area contributed by atoms with Crippen LogP contribution < -0.4 is 0 Å². The Labute approximate surface area is 330 Å². The zero-order valence-electron chi connectivity index (χ0n) is 30.1. The topological polar surface area (TPSA) is 0 Å². The first kappa shape index (κ1) is 30.7. The van der Waals surface area contributed by atoms with Crippen LogP contribution in [0.1, 0.15) is 0 Å². The fraction of sp³-hybridized carbons (Fsp3) is 0. The molecule has 2 heterocycles. The Bertz CT molecular complexity index is 3770. The van der Waals surface area contributed by atoms with Crippen molar-refractivity contribution in [2.24, 2.45) is 0 Å². The molecule has 0 atom stereocenters. The van der Waals surface area contributed by atoms with Crippen molar-refractivity contribution in [3.63, 3.8) is 0 Å². The molecule has 11 aromatic carbocycles. The molecule has 0 saturated carbocycles. The van der Waals surface area contributed by atoms with E-state index < -0.39 is 0 Å². The van der Waals surface area contributed by atoms with Gasteiger partial charge in [-0.25, -0.2) is 0 Å². The van der Waals surface area contributed by atoms with Crippen molar-refractivity contribution in [3.8, 4) is 22.3 Å². The first-order valence-corrected chi connectivity index (χ1v) is 20.9. The fourth-order valence-corrected chi connectivity index (χ4v) is 12.2. The van der Waals surface area contributed by atoms with E-state index in [2.05, 4.69) is 182 Å². The maximum absolute atomic E-state index is 2.50. The quantitative estimate of drug-likeness (QED) is 0.122. The van der Waals surface area contributed by atoms with E-state index >= 15 is 0 Å². The standard InChI is InChI=1S/C54H30S2/c1-2-13-32-29-44-33(28-31(32)12-1)24-26-36-35(44)20-11-21-37(36)50-38-14-3-5-16-40(38)51(41-17-6-4-15-39(41)50)45-30-34-25-27-48-52(42-18-7-9-22-46(42)55-48)49(34)53-43-19-8-10-23-47(43)56-54(45)53/h1-30H. The first-order valence-electron chi connectivity index (χ1n) is 19.3. The fourth-order valence-electron chi connectivity index (χ4n) is 9.82. The lowest BCUT2D eigenvalue weighted by molar-refractivity contribution is 1.71. The zero-order valence-corrected chi connectivity index (χ0v) is 31.8. The minimum absolute atomic E-state index is 1.27. The molecule has 0 amide bonds. The van der Waals surface area contributed by atoms with Gasteiger partial charge in [-0.1, -0.05) is 146 Å². The Kier molecular flexibility index (Phi) is 6.29. The molecule has 0 spiro atoms. The Balaban J connectivity index is 1.17. The van der Waals surface area contributed by atoms with Crippen LogP contribution in [-0.2, 0) is 0 Å². The van der Waals surface area contributed by atoms with Crippen molar-refractivity contribution >= 4 is 128 Å². The van der Waals surface area contributed by atoms with Crippen LogP contribution in [-0.4, -0.2) is 0 Å². The molecule has 0 saturated heterocycles. The lowest BCUT2D eigenvalue weighted by Gasteiger charge is -2.20. The first-order chi connectivity index (χ1) is 27.8. The molecule has 0 bridgehead atoms. The van der Waals surface area contributed by atoms with E-state index in [1.165, 1.54) is 127 Å². The summed E-state index contributed by atoms with van der Waals surface area (Å²) in [7, 11) is 0. The van der Waals surface area contributed by atoms with Crippen LogP contribution in [0.25, 0.3) is 127 Å². The van der Waals surface area contributed by atoms with Crippen LogP contribution in [0.4, 0.5) is 0 Å². The molecule has 13 rings (SSSR count). The van der Waals surface area contributed by atoms with Crippen molar-refractivity contribution in [3.05, 3.63) is 182 Å². The highest BCUT2D eigenvalue weighted by Gasteiger charge is 2.23. The molecule has 258 valence electrons. The molecular formula is C54H30S2. The molecule has 0 N–H and O–H groups in total. The van der Waals surface area contributed by atoms with Gasteiger partial charge in [-0.3, -0.25) is 0 Å². The molecule has 0 radical (unpaired) electrons. The van der Waals surface area contributed by atoms with Crippen LogP contribution in [0.2, 0.25) is 0 Å². The van der Waals surface area contributed by atoms with Crippen molar-refractivity contribution in [1.29, 1.82) is 0 Å². The van der Waals surface area contributed by atoms with Gasteiger partial charge in [0.1, 0.15) is 0 Å². The van der Waals surface area contributed by atoms with E-state index in [-0.39, 0.29) is 0 Å². The predicted molar refractivity (Wildman–Crippen MR) is 248 cm³/mol. The normalized spacial score (nSPS) is 12.3. The van der Waals surface area contributed by atoms with Crippen LogP contribution in [0.5, 0.6) is 0 Å². The van der Waals surface area contributed by atoms with Crippen LogP contribution >= 0.6 is 22.7 Å². The molecule has 2 heteroatoms. The number of rotatable bonds is 2. The largest absolute Gasteiger partial charge is 0.135 e. The van der Waals surface area contributed by atoms with Gasteiger partial charge >= 0.3 is 0 Å². The summed E-state index contributed by atoms with van der Waals surface area (Å²) in [6, 6.07) is 68.4. The second kappa shape index (κ2) is 11.5. The molecule has 13 aromatic rings. The Morgan fingerprint density at radius 2 is 0.804 bits per heavy atom. The second-order valence-electron chi connectivity index (χ2n) is 15.1. The number of benzene rings is 11. The van der Waals surface area contributed by atoms with E-state index in [0.29, 0.717) is 0 Å². The van der Waals surface area contributed by atoms with E-state index in [4.69, 9.17) is 0 Å². The summed E-state index contributed by atoms with van der Waals surface area (Å²) in [6.07, 6.45) is 0. The average molecular weight is 743 g/mol. The molecule has 0 nitrogen and oxygen atoms in total. The van der Waals surface area contributed by atoms with Gasteiger partial charge in [-0.15, -0.1) is 22.7 Å². The summed E-state index contributed by atoms with van der Waals surface area (Å²) >= 11 is 3.84. The molecule has 0 fully saturated rings. The highest BCUT2D eigenvalue weighted by molar-refractivity contribution is 7.27. The number of hydrogen-bond donors (Lipinski definition) is 0. The van der Waals surface area contributed by atoms with Crippen molar-refractivity contribution in [2.45, 2.75) is 0 Å². The van der Waals surface area contributed by atoms with Crippen LogP contribution in [0.15, 0.2) is 182 Å². The van der Waals surface area contributed by atoms with Gasteiger partial charge in [-0.05, 0) is 112 Å². The average Bonchev–Trinajstić information content (AvgIpc) is 3.84. The van der Waals surface area contributed by atoms with Gasteiger partial charge < -0.3 is 0 Å². The van der Waals surface area contributed by atoms with Gasteiger partial charge in [0.15, 0.2) is 0 Å². The molecule has 56 heavy (non-hydrogen) atoms. The summed E-state index contributed by atoms with van der Waals surface area (Å²) in [4.78, 5) is 0. The molecule has 0 aliphatic heterocycles. The van der Waals surface area contributed by atoms with Gasteiger partial charge in [0, 0.05) is 51.3 Å². The maximum Gasteiger partial charge on any atom is 0.0440 e. The summed E-state index contributed by atoms with van der Waals surface area (Å²) in [5.41, 5.74) is 5.19. The maximum atomic E-state index is 2.50. The highest BCUT2D eigenvalue weighted by atomic mass is 32.1. The number of hydrogen-bond acceptors (Lipinski definition) is 2. The SMILES string of the molecule is c1ccc2cc3c(ccc4c(-c5c6ccccc6c(-c6cc7ccc8sc9ccccc9c8c7c7c6sc6ccccc67)c6ccccc56)cccc43)cc2c1. The van der Waals surface area contributed by atoms with Crippen molar-refractivity contribution < 1.29 is 0 Å². The smallest absolute Gasteiger partial charge is 0.0440 e. The van der Waals surface area contributed by atoms with Crippen molar-refractivity contribution in [2.75, 3.05) is 0 Å². The third kappa shape index (κ3) is 4.18. The minimum Gasteiger partial charge on any atom is -0.135 e. The summed E-state index contributed by atoms with van der Waals surface area (Å²) in [5, 5.41) is 20.9. The lowest BCUT2D eigenvalue weighted by Crippen LogP contribution is -1.92. The Hall–Kier alpha value is -6.58. The highest BCUT2D eigenvalue weighted by Crippen LogP contribution is 2.52. The molecular weight excluding hydrogens is 713 g/mol. The van der Waals surface area contributed by atoms with Crippen LogP contribution in [0.3, 0.4) is 0 Å². The van der Waals surface area contributed by atoms with Crippen LogP contribution in [0, 0.1) is 0 Å². The molecule has 0 unspecified atom stereocenters. The third-order valence-corrected chi connectivity index (χ3v) is 14.5. The van der Waals surface area contributed by atoms with Gasteiger partial charge in [0.05, 0.1) is 0 Å². The van der Waals surface area contributed by atoms with Gasteiger partial charge in [-0.2, -0.15) is 0 Å². The van der Waals surface area contributed by atoms with E-state index in [1.807, 2.05) is 22.7 Å². The Morgan fingerprint density at radius 1 is 0.250 bits per heavy atom. The second-order valence-corrected chi connectivity index (χ2v) is 17.2. The molecule has 0 aliphatic carbocycles. The summed E-state index contributed by atoms with van der Waals surface area (Å²) in [5.74, 6) is 0. The minimum atomic E-state index is 1.27. The van der Waals surface area contributed by atoms with E-state index in [9.17, 15) is 0 Å². The van der Waals surface area contributed by atoms with Crippen molar-refractivity contribution in [1.82, 2.24) is 0 Å². The van der Waals surface area contributed by atoms with E-state index in [0.717, 1.165) is 0 Å². The Morgan fingerprint density at radius 3 is 1.52 bits per heavy atom. The lowest BCUT2D eigenvalue weighted by atomic mass is 9.83. The summed E-state index contributed by atoms with van der Waals surface area (Å²) in [6.45, 7) is 0. The number of thiophene rings is 2. The number of fused-ring (bicyclic) bond motifs is 15. The van der Waals surface area contributed by atoms with E-state index in [1.54, 1.807) is 0 Å². The summed E-state index contributed by atoms with van der Waals surface area (Å²) < 4.78 is 5.37. The monoisotopic (exact) mass is 742 g/mol.